The maximum absolute atomic E-state index is 12.0. The molecule has 49 heavy (non-hydrogen) atoms. The SMILES string of the molecule is CCCCCCCCCCCCCCCCCC(=O)OCCC[CH2][Sn][CH2]CCCOC(=O)CCCCCCCCCCCCCCCCC. The molecular formula is C44H86O4Sn. The van der Waals surface area contributed by atoms with Gasteiger partial charge < -0.3 is 0 Å². The summed E-state index contributed by atoms with van der Waals surface area (Å²) in [5.41, 5.74) is 0. The minimum absolute atomic E-state index is 0.00353. The van der Waals surface area contributed by atoms with Crippen LogP contribution >= 0.6 is 0 Å². The third-order valence-corrected chi connectivity index (χ3v) is 14.0. The summed E-state index contributed by atoms with van der Waals surface area (Å²) in [6.07, 6.45) is 46.1. The first-order valence-electron chi connectivity index (χ1n) is 22.2. The van der Waals surface area contributed by atoms with Gasteiger partial charge >= 0.3 is 177 Å². The molecule has 0 aliphatic carbocycles. The molecule has 0 bridgehead atoms. The van der Waals surface area contributed by atoms with Crippen LogP contribution in [0.4, 0.5) is 0 Å². The van der Waals surface area contributed by atoms with E-state index in [9.17, 15) is 9.59 Å². The summed E-state index contributed by atoms with van der Waals surface area (Å²) in [7, 11) is 0. The summed E-state index contributed by atoms with van der Waals surface area (Å²) in [6.45, 7) is 5.78. The van der Waals surface area contributed by atoms with Gasteiger partial charge in [-0.1, -0.05) is 142 Å². The van der Waals surface area contributed by atoms with Gasteiger partial charge in [-0.15, -0.1) is 0 Å². The minimum atomic E-state index is -0.314. The number of unbranched alkanes of at least 4 members (excludes halogenated alkanes) is 30. The molecule has 2 radical (unpaired) electrons. The Kier molecular flexibility index (Phi) is 43.7. The van der Waals surface area contributed by atoms with Crippen LogP contribution in [0.5, 0.6) is 0 Å². The molecule has 0 spiro atoms. The van der Waals surface area contributed by atoms with Gasteiger partial charge in [0.2, 0.25) is 0 Å². The summed E-state index contributed by atoms with van der Waals surface area (Å²) in [5, 5.41) is 0. The number of hydrogen-bond donors (Lipinski definition) is 0. The van der Waals surface area contributed by atoms with Crippen molar-refractivity contribution < 1.29 is 19.1 Å². The van der Waals surface area contributed by atoms with Gasteiger partial charge in [-0.05, 0) is 0 Å². The van der Waals surface area contributed by atoms with Gasteiger partial charge in [0.05, 0.1) is 0 Å². The second-order valence-electron chi connectivity index (χ2n) is 15.0. The summed E-state index contributed by atoms with van der Waals surface area (Å²) in [6, 6.07) is 0. The van der Waals surface area contributed by atoms with Crippen LogP contribution in [-0.2, 0) is 19.1 Å². The molecule has 0 atom stereocenters. The zero-order valence-electron chi connectivity index (χ0n) is 33.4. The molecule has 0 N–H and O–H groups in total. The van der Waals surface area contributed by atoms with Crippen molar-refractivity contribution >= 4 is 33.1 Å². The standard InChI is InChI=1S/2C22H43O2.Sn/c2*1-3-5-7-8-9-10-11-12-13-14-15-16-17-18-19-20-22(23)24-21-6-4-2;/h2*2-21H2,1H3;. The Morgan fingerprint density at radius 2 is 0.571 bits per heavy atom. The van der Waals surface area contributed by atoms with Gasteiger partial charge in [-0.2, -0.15) is 0 Å². The first-order chi connectivity index (χ1) is 24.2. The molecule has 0 saturated heterocycles. The zero-order valence-corrected chi connectivity index (χ0v) is 36.3. The van der Waals surface area contributed by atoms with Gasteiger partial charge in [0.15, 0.2) is 0 Å². The van der Waals surface area contributed by atoms with Crippen LogP contribution in [0.3, 0.4) is 0 Å². The quantitative estimate of drug-likeness (QED) is 0.0351. The molecular weight excluding hydrogens is 711 g/mol. The Balaban J connectivity index is 3.22. The molecule has 0 aliphatic heterocycles. The Hall–Kier alpha value is -0.261. The van der Waals surface area contributed by atoms with E-state index in [1.165, 1.54) is 201 Å². The van der Waals surface area contributed by atoms with E-state index in [4.69, 9.17) is 9.47 Å². The number of hydrogen-bond acceptors (Lipinski definition) is 4. The topological polar surface area (TPSA) is 52.6 Å². The summed E-state index contributed by atoms with van der Waals surface area (Å²) in [4.78, 5) is 24.0. The van der Waals surface area contributed by atoms with Crippen molar-refractivity contribution in [3.63, 3.8) is 0 Å². The van der Waals surface area contributed by atoms with Crippen LogP contribution in [0.15, 0.2) is 0 Å². The van der Waals surface area contributed by atoms with Gasteiger partial charge in [0, 0.05) is 0 Å². The van der Waals surface area contributed by atoms with Crippen LogP contribution in [-0.4, -0.2) is 46.3 Å². The van der Waals surface area contributed by atoms with Crippen molar-refractivity contribution in [1.82, 2.24) is 0 Å². The van der Waals surface area contributed by atoms with E-state index < -0.39 is 0 Å². The Morgan fingerprint density at radius 1 is 0.327 bits per heavy atom. The molecule has 0 rings (SSSR count). The fraction of sp³-hybridized carbons (Fsp3) is 0.955. The van der Waals surface area contributed by atoms with Crippen molar-refractivity contribution in [2.45, 2.75) is 254 Å². The van der Waals surface area contributed by atoms with E-state index in [0.717, 1.165) is 25.7 Å². The Morgan fingerprint density at radius 3 is 0.837 bits per heavy atom. The van der Waals surface area contributed by atoms with Crippen molar-refractivity contribution in [2.75, 3.05) is 13.2 Å². The molecule has 0 aromatic rings. The molecule has 0 aliphatic rings. The van der Waals surface area contributed by atoms with Gasteiger partial charge in [-0.25, -0.2) is 0 Å². The molecule has 5 heteroatoms. The molecule has 0 fully saturated rings. The van der Waals surface area contributed by atoms with Crippen LogP contribution in [0.25, 0.3) is 0 Å². The molecule has 0 amide bonds. The van der Waals surface area contributed by atoms with Gasteiger partial charge in [0.25, 0.3) is 0 Å². The average molecular weight is 798 g/mol. The fourth-order valence-corrected chi connectivity index (χ4v) is 10.2. The molecule has 4 nitrogen and oxygen atoms in total. The zero-order chi connectivity index (χ0) is 35.6. The summed E-state index contributed by atoms with van der Waals surface area (Å²) in [5.74, 6) is 0.00707. The number of esters is 2. The van der Waals surface area contributed by atoms with Crippen molar-refractivity contribution in [1.29, 1.82) is 0 Å². The second kappa shape index (κ2) is 43.9. The predicted molar refractivity (Wildman–Crippen MR) is 215 cm³/mol. The fourth-order valence-electron chi connectivity index (χ4n) is 6.63. The number of carbonyl (C=O) groups is 2. The average Bonchev–Trinajstić information content (AvgIpc) is 3.10. The van der Waals surface area contributed by atoms with Crippen LogP contribution in [0.1, 0.15) is 245 Å². The molecule has 290 valence electrons. The second-order valence-corrected chi connectivity index (χ2v) is 19.3. The summed E-state index contributed by atoms with van der Waals surface area (Å²) < 4.78 is 13.6. The van der Waals surface area contributed by atoms with E-state index in [-0.39, 0.29) is 33.1 Å². The first kappa shape index (κ1) is 48.7. The van der Waals surface area contributed by atoms with Crippen LogP contribution in [0.2, 0.25) is 8.87 Å². The molecule has 0 aromatic carbocycles. The van der Waals surface area contributed by atoms with Crippen LogP contribution < -0.4 is 0 Å². The predicted octanol–water partition coefficient (Wildman–Crippen LogP) is 14.7. The number of rotatable bonds is 42. The van der Waals surface area contributed by atoms with E-state index >= 15 is 0 Å². The molecule has 0 saturated carbocycles. The normalized spacial score (nSPS) is 11.3. The van der Waals surface area contributed by atoms with E-state index in [1.807, 2.05) is 0 Å². The summed E-state index contributed by atoms with van der Waals surface area (Å²) >= 11 is -0.314. The molecule has 0 unspecified atom stereocenters. The van der Waals surface area contributed by atoms with E-state index in [0.29, 0.717) is 26.1 Å². The third kappa shape index (κ3) is 43.8. The van der Waals surface area contributed by atoms with Crippen molar-refractivity contribution in [2.24, 2.45) is 0 Å². The maximum atomic E-state index is 12.0. The van der Waals surface area contributed by atoms with Gasteiger partial charge in [-0.3, -0.25) is 0 Å². The monoisotopic (exact) mass is 799 g/mol. The molecule has 0 heterocycles. The van der Waals surface area contributed by atoms with Crippen molar-refractivity contribution in [3.05, 3.63) is 0 Å². The Bertz CT molecular complexity index is 601. The first-order valence-corrected chi connectivity index (χ1v) is 26.3. The van der Waals surface area contributed by atoms with E-state index in [1.54, 1.807) is 0 Å². The third-order valence-electron chi connectivity index (χ3n) is 9.99. The van der Waals surface area contributed by atoms with E-state index in [2.05, 4.69) is 13.8 Å². The molecule has 0 aromatic heterocycles. The van der Waals surface area contributed by atoms with Gasteiger partial charge in [0.1, 0.15) is 0 Å². The van der Waals surface area contributed by atoms with Crippen molar-refractivity contribution in [3.8, 4) is 0 Å². The van der Waals surface area contributed by atoms with Crippen LogP contribution in [0, 0.1) is 0 Å². The Labute approximate surface area is 317 Å². The number of carbonyl (C=O) groups excluding carboxylic acids is 2. The number of ether oxygens (including phenoxy) is 2. The smallest absolute Gasteiger partial charge is 0.0654 e. The minimum Gasteiger partial charge on any atom is -0.0654 e.